The highest BCUT2D eigenvalue weighted by Crippen LogP contribution is 2.36. The van der Waals surface area contributed by atoms with E-state index in [1.54, 1.807) is 0 Å². The van der Waals surface area contributed by atoms with Crippen LogP contribution >= 0.6 is 0 Å². The molecule has 0 aromatic heterocycles. The number of hydrogen-bond acceptors (Lipinski definition) is 2. The Labute approximate surface area is 107 Å². The van der Waals surface area contributed by atoms with Gasteiger partial charge in [0.15, 0.2) is 5.78 Å². The predicted molar refractivity (Wildman–Crippen MR) is 73.1 cm³/mol. The maximum Gasteiger partial charge on any atom is 0.155 e. The van der Waals surface area contributed by atoms with Gasteiger partial charge in [-0.05, 0) is 31.3 Å². The van der Waals surface area contributed by atoms with Gasteiger partial charge in [0.05, 0.1) is 6.04 Å². The van der Waals surface area contributed by atoms with E-state index < -0.39 is 0 Å². The lowest BCUT2D eigenvalue weighted by atomic mass is 9.77. The molecular formula is C15H29NO. The smallest absolute Gasteiger partial charge is 0.155 e. The van der Waals surface area contributed by atoms with Gasteiger partial charge in [-0.25, -0.2) is 0 Å². The van der Waals surface area contributed by atoms with Crippen LogP contribution in [0.25, 0.3) is 0 Å². The van der Waals surface area contributed by atoms with Crippen LogP contribution in [0.2, 0.25) is 0 Å². The molecule has 0 radical (unpaired) electrons. The summed E-state index contributed by atoms with van der Waals surface area (Å²) in [6.07, 6.45) is 2.37. The summed E-state index contributed by atoms with van der Waals surface area (Å²) in [6.45, 7) is 14.9. The van der Waals surface area contributed by atoms with E-state index in [9.17, 15) is 4.79 Å². The topological polar surface area (TPSA) is 20.3 Å². The highest BCUT2D eigenvalue weighted by atomic mass is 16.1. The minimum atomic E-state index is -0.214. The zero-order valence-electron chi connectivity index (χ0n) is 12.4. The summed E-state index contributed by atoms with van der Waals surface area (Å²) in [7, 11) is 0. The van der Waals surface area contributed by atoms with Gasteiger partial charge in [0, 0.05) is 5.41 Å². The fourth-order valence-electron chi connectivity index (χ4n) is 2.94. The fourth-order valence-corrected chi connectivity index (χ4v) is 2.94. The first kappa shape index (κ1) is 14.7. The molecule has 1 aliphatic heterocycles. The molecule has 100 valence electrons. The monoisotopic (exact) mass is 239 g/mol. The second kappa shape index (κ2) is 5.51. The van der Waals surface area contributed by atoms with Gasteiger partial charge in [-0.3, -0.25) is 9.69 Å². The normalized spacial score (nSPS) is 28.4. The molecule has 0 aromatic carbocycles. The minimum Gasteiger partial charge on any atom is -0.297 e. The number of carbonyl (C=O) groups is 1. The highest BCUT2D eigenvalue weighted by molar-refractivity contribution is 5.89. The fraction of sp³-hybridized carbons (Fsp3) is 0.933. The SMILES string of the molecule is CCC(C)C1CCN(CC)C1C(=O)C(C)(C)C. The Kier molecular flexibility index (Phi) is 4.77. The largest absolute Gasteiger partial charge is 0.297 e. The maximum absolute atomic E-state index is 12.6. The summed E-state index contributed by atoms with van der Waals surface area (Å²) < 4.78 is 0. The van der Waals surface area contributed by atoms with Crippen molar-refractivity contribution in [1.29, 1.82) is 0 Å². The van der Waals surface area contributed by atoms with Crippen molar-refractivity contribution in [2.24, 2.45) is 17.3 Å². The van der Waals surface area contributed by atoms with Crippen molar-refractivity contribution in [2.75, 3.05) is 13.1 Å². The number of likely N-dealkylation sites (N-methyl/N-ethyl adjacent to an activating group) is 1. The molecule has 3 unspecified atom stereocenters. The van der Waals surface area contributed by atoms with Crippen molar-refractivity contribution in [2.45, 2.75) is 60.4 Å². The number of ketones is 1. The van der Waals surface area contributed by atoms with Gasteiger partial charge in [-0.15, -0.1) is 0 Å². The van der Waals surface area contributed by atoms with Crippen LogP contribution in [0.4, 0.5) is 0 Å². The molecule has 3 atom stereocenters. The second-order valence-corrected chi connectivity index (χ2v) is 6.53. The molecule has 0 bridgehead atoms. The Morgan fingerprint density at radius 2 is 1.94 bits per heavy atom. The van der Waals surface area contributed by atoms with E-state index in [-0.39, 0.29) is 11.5 Å². The van der Waals surface area contributed by atoms with Crippen LogP contribution in [-0.4, -0.2) is 29.8 Å². The molecule has 0 spiro atoms. The number of carbonyl (C=O) groups excluding carboxylic acids is 1. The first-order valence-corrected chi connectivity index (χ1v) is 7.11. The summed E-state index contributed by atoms with van der Waals surface area (Å²) in [5, 5.41) is 0. The number of rotatable bonds is 4. The first-order valence-electron chi connectivity index (χ1n) is 7.11. The van der Waals surface area contributed by atoms with Crippen molar-refractivity contribution in [3.8, 4) is 0 Å². The van der Waals surface area contributed by atoms with E-state index in [2.05, 4.69) is 46.4 Å². The Hall–Kier alpha value is -0.370. The molecule has 2 nitrogen and oxygen atoms in total. The minimum absolute atomic E-state index is 0.162. The van der Waals surface area contributed by atoms with Gasteiger partial charge in [0.25, 0.3) is 0 Å². The molecule has 1 fully saturated rings. The molecule has 0 aromatic rings. The third-order valence-electron chi connectivity index (χ3n) is 4.34. The zero-order chi connectivity index (χ0) is 13.2. The van der Waals surface area contributed by atoms with Gasteiger partial charge in [-0.1, -0.05) is 48.0 Å². The number of likely N-dealkylation sites (tertiary alicyclic amines) is 1. The number of hydrogen-bond donors (Lipinski definition) is 0. The van der Waals surface area contributed by atoms with Crippen molar-refractivity contribution in [1.82, 2.24) is 4.90 Å². The van der Waals surface area contributed by atoms with Gasteiger partial charge in [0.2, 0.25) is 0 Å². The molecule has 17 heavy (non-hydrogen) atoms. The third-order valence-corrected chi connectivity index (χ3v) is 4.34. The Morgan fingerprint density at radius 3 is 2.35 bits per heavy atom. The van der Waals surface area contributed by atoms with Gasteiger partial charge >= 0.3 is 0 Å². The van der Waals surface area contributed by atoms with Crippen LogP contribution in [-0.2, 0) is 4.79 Å². The van der Waals surface area contributed by atoms with Gasteiger partial charge in [0.1, 0.15) is 0 Å². The molecule has 2 heteroatoms. The van der Waals surface area contributed by atoms with E-state index >= 15 is 0 Å². The molecule has 1 aliphatic rings. The molecule has 0 saturated carbocycles. The second-order valence-electron chi connectivity index (χ2n) is 6.53. The van der Waals surface area contributed by atoms with Crippen molar-refractivity contribution in [3.63, 3.8) is 0 Å². The van der Waals surface area contributed by atoms with E-state index in [1.165, 1.54) is 12.8 Å². The van der Waals surface area contributed by atoms with E-state index in [4.69, 9.17) is 0 Å². The lowest BCUT2D eigenvalue weighted by Gasteiger charge is -2.33. The van der Waals surface area contributed by atoms with Crippen LogP contribution in [0.5, 0.6) is 0 Å². The highest BCUT2D eigenvalue weighted by Gasteiger charge is 2.43. The quantitative estimate of drug-likeness (QED) is 0.750. The van der Waals surface area contributed by atoms with Crippen LogP contribution < -0.4 is 0 Å². The first-order chi connectivity index (χ1) is 7.82. The van der Waals surface area contributed by atoms with Crippen molar-refractivity contribution in [3.05, 3.63) is 0 Å². The molecular weight excluding hydrogens is 210 g/mol. The molecule has 1 saturated heterocycles. The van der Waals surface area contributed by atoms with Crippen molar-refractivity contribution < 1.29 is 4.79 Å². The molecule has 0 amide bonds. The Balaban J connectivity index is 2.91. The summed E-state index contributed by atoms with van der Waals surface area (Å²) in [5.74, 6) is 1.65. The van der Waals surface area contributed by atoms with Crippen molar-refractivity contribution >= 4 is 5.78 Å². The molecule has 0 aliphatic carbocycles. The third kappa shape index (κ3) is 3.09. The number of Topliss-reactive ketones (excluding diaryl/α,β-unsaturated/α-hetero) is 1. The van der Waals surface area contributed by atoms with Gasteiger partial charge < -0.3 is 0 Å². The summed E-state index contributed by atoms with van der Waals surface area (Å²) >= 11 is 0. The average Bonchev–Trinajstić information content (AvgIpc) is 2.68. The summed E-state index contributed by atoms with van der Waals surface area (Å²) in [5.41, 5.74) is -0.214. The molecule has 1 rings (SSSR count). The lowest BCUT2D eigenvalue weighted by molar-refractivity contribution is -0.132. The van der Waals surface area contributed by atoms with Gasteiger partial charge in [-0.2, -0.15) is 0 Å². The Morgan fingerprint density at radius 1 is 1.35 bits per heavy atom. The molecule has 1 heterocycles. The van der Waals surface area contributed by atoms with E-state index in [0.717, 1.165) is 13.1 Å². The van der Waals surface area contributed by atoms with Crippen LogP contribution in [0.1, 0.15) is 54.4 Å². The summed E-state index contributed by atoms with van der Waals surface area (Å²) in [4.78, 5) is 15.0. The zero-order valence-corrected chi connectivity index (χ0v) is 12.4. The predicted octanol–water partition coefficient (Wildman–Crippen LogP) is 3.36. The van der Waals surface area contributed by atoms with Crippen LogP contribution in [0, 0.1) is 17.3 Å². The van der Waals surface area contributed by atoms with Crippen LogP contribution in [0.3, 0.4) is 0 Å². The van der Waals surface area contributed by atoms with Crippen LogP contribution in [0.15, 0.2) is 0 Å². The summed E-state index contributed by atoms with van der Waals surface area (Å²) in [6, 6.07) is 0.162. The molecule has 0 N–H and O–H groups in total. The van der Waals surface area contributed by atoms with E-state index in [1.807, 2.05) is 0 Å². The van der Waals surface area contributed by atoms with E-state index in [0.29, 0.717) is 17.6 Å². The average molecular weight is 239 g/mol. The number of nitrogens with zero attached hydrogens (tertiary/aromatic N) is 1. The maximum atomic E-state index is 12.6. The standard InChI is InChI=1S/C15H29NO/c1-7-11(3)12-9-10-16(8-2)13(12)14(17)15(4,5)6/h11-13H,7-10H2,1-6H3. The lowest BCUT2D eigenvalue weighted by Crippen LogP contribution is -2.46. The Bertz CT molecular complexity index is 267.